The van der Waals surface area contributed by atoms with Crippen molar-refractivity contribution in [2.24, 2.45) is 0 Å². The van der Waals surface area contributed by atoms with E-state index in [0.717, 1.165) is 107 Å². The Kier molecular flexibility index (Phi) is 8.26. The molecule has 4 aliphatic carbocycles. The molecule has 58 heavy (non-hydrogen) atoms. The molecule has 0 aromatic heterocycles. The maximum atomic E-state index is 14.3. The SMILES string of the molecule is O=C1c2ccccc2-c2ccccc2C12c1cc(Br)ccc1-c1ccc(Br)cc12.O=C1c2ccccc2-c2ccccc2C12c1cc(Br)ccc1-c1ccc(Br)cc12. The van der Waals surface area contributed by atoms with Gasteiger partial charge in [-0.2, -0.15) is 0 Å². The van der Waals surface area contributed by atoms with Gasteiger partial charge in [-0.3, -0.25) is 9.59 Å². The molecule has 0 unspecified atom stereocenters. The summed E-state index contributed by atoms with van der Waals surface area (Å²) in [4.78, 5) is 28.6. The number of rotatable bonds is 0. The summed E-state index contributed by atoms with van der Waals surface area (Å²) < 4.78 is 3.91. The van der Waals surface area contributed by atoms with Crippen molar-refractivity contribution in [3.05, 3.63) is 232 Å². The zero-order valence-corrected chi connectivity index (χ0v) is 36.8. The van der Waals surface area contributed by atoms with Crippen molar-refractivity contribution in [2.75, 3.05) is 0 Å². The lowest BCUT2D eigenvalue weighted by atomic mass is 9.62. The Morgan fingerprint density at radius 3 is 0.810 bits per heavy atom. The number of hydrogen-bond acceptors (Lipinski definition) is 2. The van der Waals surface area contributed by atoms with Crippen LogP contribution < -0.4 is 0 Å². The molecule has 0 atom stereocenters. The van der Waals surface area contributed by atoms with Crippen LogP contribution in [-0.2, 0) is 10.8 Å². The largest absolute Gasteiger partial charge is 0.292 e. The van der Waals surface area contributed by atoms with Gasteiger partial charge in [0.1, 0.15) is 10.8 Å². The summed E-state index contributed by atoms with van der Waals surface area (Å²) >= 11 is 14.6. The van der Waals surface area contributed by atoms with Gasteiger partial charge in [-0.25, -0.2) is 0 Å². The van der Waals surface area contributed by atoms with Crippen molar-refractivity contribution in [1.82, 2.24) is 0 Å². The number of fused-ring (bicyclic) bond motifs is 18. The Morgan fingerprint density at radius 1 is 0.259 bits per heavy atom. The molecule has 0 saturated carbocycles. The first-order valence-electron chi connectivity index (χ1n) is 18.9. The predicted molar refractivity (Wildman–Crippen MR) is 247 cm³/mol. The van der Waals surface area contributed by atoms with Gasteiger partial charge in [0.15, 0.2) is 11.6 Å². The van der Waals surface area contributed by atoms with E-state index in [4.69, 9.17) is 0 Å². The van der Waals surface area contributed by atoms with E-state index in [-0.39, 0.29) is 11.6 Å². The van der Waals surface area contributed by atoms with Crippen LogP contribution in [0.25, 0.3) is 44.5 Å². The van der Waals surface area contributed by atoms with Crippen molar-refractivity contribution in [3.63, 3.8) is 0 Å². The summed E-state index contributed by atoms with van der Waals surface area (Å²) in [5, 5.41) is 0. The first-order valence-corrected chi connectivity index (χ1v) is 22.1. The monoisotopic (exact) mass is 1000 g/mol. The molecule has 2 spiro atoms. The van der Waals surface area contributed by atoms with Gasteiger partial charge in [-0.05, 0) is 126 Å². The van der Waals surface area contributed by atoms with E-state index in [1.54, 1.807) is 0 Å². The molecule has 0 radical (unpaired) electrons. The summed E-state index contributed by atoms with van der Waals surface area (Å²) in [6, 6.07) is 57.8. The molecule has 0 aliphatic heterocycles. The number of hydrogen-bond donors (Lipinski definition) is 0. The zero-order chi connectivity index (χ0) is 39.5. The number of carbonyl (C=O) groups excluding carboxylic acids is 2. The first kappa shape index (κ1) is 36.1. The standard InChI is InChI=1S/2C26H14Br2O/c2*27-15-9-11-19-20-12-10-16(28)14-24(20)26(23(19)13-15)22-8-4-3-6-18(22)17-5-1-2-7-21(17)25(26)29/h2*1-14H. The van der Waals surface area contributed by atoms with Crippen molar-refractivity contribution >= 4 is 75.3 Å². The highest BCUT2D eigenvalue weighted by atomic mass is 79.9. The average molecular weight is 1000 g/mol. The Labute approximate surface area is 369 Å². The lowest BCUT2D eigenvalue weighted by Gasteiger charge is -2.37. The molecule has 2 nitrogen and oxygen atoms in total. The van der Waals surface area contributed by atoms with Gasteiger partial charge in [0, 0.05) is 29.0 Å². The molecule has 0 saturated heterocycles. The van der Waals surface area contributed by atoms with Crippen LogP contribution in [0.3, 0.4) is 0 Å². The maximum Gasteiger partial charge on any atom is 0.182 e. The second-order valence-electron chi connectivity index (χ2n) is 15.1. The van der Waals surface area contributed by atoms with Crippen LogP contribution >= 0.6 is 63.7 Å². The van der Waals surface area contributed by atoms with Gasteiger partial charge in [0.05, 0.1) is 0 Å². The van der Waals surface area contributed by atoms with Gasteiger partial charge < -0.3 is 0 Å². The number of benzene rings is 8. The molecule has 8 aromatic rings. The minimum atomic E-state index is -0.844. The fraction of sp³-hybridized carbons (Fsp3) is 0.0385. The summed E-state index contributed by atoms with van der Waals surface area (Å²) in [6.07, 6.45) is 0. The zero-order valence-electron chi connectivity index (χ0n) is 30.5. The Morgan fingerprint density at radius 2 is 0.500 bits per heavy atom. The lowest BCUT2D eigenvalue weighted by Crippen LogP contribution is -2.40. The number of halogens is 4. The first-order chi connectivity index (χ1) is 28.2. The van der Waals surface area contributed by atoms with Crippen molar-refractivity contribution in [3.8, 4) is 44.5 Å². The van der Waals surface area contributed by atoms with E-state index < -0.39 is 10.8 Å². The molecule has 4 aliphatic rings. The number of carbonyl (C=O) groups is 2. The van der Waals surface area contributed by atoms with Gasteiger partial charge in [-0.1, -0.05) is 185 Å². The van der Waals surface area contributed by atoms with Crippen molar-refractivity contribution in [1.29, 1.82) is 0 Å². The summed E-state index contributed by atoms with van der Waals surface area (Å²) in [6.45, 7) is 0. The van der Waals surface area contributed by atoms with Gasteiger partial charge >= 0.3 is 0 Å². The molecule has 0 fully saturated rings. The highest BCUT2D eigenvalue weighted by Crippen LogP contribution is 2.61. The molecular weight excluding hydrogens is 976 g/mol. The Hall–Kier alpha value is -4.98. The van der Waals surface area contributed by atoms with Gasteiger partial charge in [-0.15, -0.1) is 0 Å². The Bertz CT molecular complexity index is 2810. The van der Waals surface area contributed by atoms with Crippen LogP contribution in [0.15, 0.2) is 188 Å². The normalized spacial score (nSPS) is 14.9. The second kappa shape index (κ2) is 13.3. The van der Waals surface area contributed by atoms with E-state index in [1.165, 1.54) is 0 Å². The third-order valence-electron chi connectivity index (χ3n) is 12.4. The average Bonchev–Trinajstić information content (AvgIpc) is 3.68. The van der Waals surface area contributed by atoms with Crippen LogP contribution in [0.5, 0.6) is 0 Å². The van der Waals surface area contributed by atoms with Crippen LogP contribution in [0.1, 0.15) is 54.1 Å². The van der Waals surface area contributed by atoms with E-state index >= 15 is 0 Å². The fourth-order valence-corrected chi connectivity index (χ4v) is 11.6. The Balaban J connectivity index is 0.000000133. The summed E-state index contributed by atoms with van der Waals surface area (Å²) in [5.74, 6) is 0.283. The van der Waals surface area contributed by atoms with E-state index in [9.17, 15) is 9.59 Å². The molecule has 0 heterocycles. The van der Waals surface area contributed by atoms with Crippen molar-refractivity contribution < 1.29 is 9.59 Å². The summed E-state index contributed by atoms with van der Waals surface area (Å²) in [5.41, 5.74) is 15.0. The molecule has 0 N–H and O–H groups in total. The van der Waals surface area contributed by atoms with Crippen LogP contribution in [0.2, 0.25) is 0 Å². The second-order valence-corrected chi connectivity index (χ2v) is 18.8. The third-order valence-corrected chi connectivity index (χ3v) is 14.4. The molecule has 6 heteroatoms. The van der Waals surface area contributed by atoms with Crippen LogP contribution in [-0.4, -0.2) is 11.6 Å². The minimum Gasteiger partial charge on any atom is -0.292 e. The van der Waals surface area contributed by atoms with E-state index in [0.29, 0.717) is 0 Å². The number of ketones is 2. The maximum absolute atomic E-state index is 14.3. The highest BCUT2D eigenvalue weighted by Gasteiger charge is 2.55. The molecule has 8 aromatic carbocycles. The summed E-state index contributed by atoms with van der Waals surface area (Å²) in [7, 11) is 0. The fourth-order valence-electron chi connectivity index (χ4n) is 10.2. The smallest absolute Gasteiger partial charge is 0.182 e. The lowest BCUT2D eigenvalue weighted by molar-refractivity contribution is 0.0928. The van der Waals surface area contributed by atoms with Gasteiger partial charge in [0.25, 0.3) is 0 Å². The van der Waals surface area contributed by atoms with Gasteiger partial charge in [0.2, 0.25) is 0 Å². The van der Waals surface area contributed by atoms with Crippen LogP contribution in [0.4, 0.5) is 0 Å². The van der Waals surface area contributed by atoms with E-state index in [1.807, 2.05) is 48.5 Å². The predicted octanol–water partition coefficient (Wildman–Crippen LogP) is 14.8. The molecule has 0 bridgehead atoms. The molecule has 12 rings (SSSR count). The minimum absolute atomic E-state index is 0.142. The molecule has 0 amide bonds. The molecule has 276 valence electrons. The van der Waals surface area contributed by atoms with E-state index in [2.05, 4.69) is 185 Å². The third kappa shape index (κ3) is 4.80. The van der Waals surface area contributed by atoms with Crippen LogP contribution in [0, 0.1) is 0 Å². The highest BCUT2D eigenvalue weighted by molar-refractivity contribution is 9.11. The van der Waals surface area contributed by atoms with Crippen molar-refractivity contribution in [2.45, 2.75) is 10.8 Å². The molecular formula is C52H28Br4O2. The quantitative estimate of drug-likeness (QED) is 0.152. The topological polar surface area (TPSA) is 34.1 Å². The number of Topliss-reactive ketones (excluding diaryl/α,β-unsaturated/α-hetero) is 2.